The van der Waals surface area contributed by atoms with Crippen molar-refractivity contribution in [3.63, 3.8) is 0 Å². The quantitative estimate of drug-likeness (QED) is 0.414. The monoisotopic (exact) mass is 362 g/mol. The highest BCUT2D eigenvalue weighted by atomic mass is 32.2. The Morgan fingerprint density at radius 1 is 1.36 bits per heavy atom. The van der Waals surface area contributed by atoms with Crippen molar-refractivity contribution >= 4 is 26.2 Å². The normalized spacial score (nSPS) is 42.5. The Bertz CT molecular complexity index is 730. The molecule has 3 rings (SSSR count). The summed E-state index contributed by atoms with van der Waals surface area (Å²) in [6, 6.07) is 0. The minimum Gasteiger partial charge on any atom is -0.454 e. The molecule has 12 heteroatoms. The number of rotatable bonds is 3. The van der Waals surface area contributed by atoms with Crippen LogP contribution in [0.15, 0.2) is 0 Å². The summed E-state index contributed by atoms with van der Waals surface area (Å²) in [6.45, 7) is 1.58. The van der Waals surface area contributed by atoms with Gasteiger partial charge in [0.15, 0.2) is 0 Å². The Morgan fingerprint density at radius 3 is 2.50 bits per heavy atom. The van der Waals surface area contributed by atoms with E-state index in [0.717, 1.165) is 0 Å². The molecule has 2 saturated carbocycles. The summed E-state index contributed by atoms with van der Waals surface area (Å²) in [4.78, 5) is 11.4. The first-order valence-electron chi connectivity index (χ1n) is 6.36. The fraction of sp³-hybridized carbons (Fsp3) is 0.900. The lowest BCUT2D eigenvalue weighted by molar-refractivity contribution is -0.174. The molecule has 0 amide bonds. The van der Waals surface area contributed by atoms with Crippen LogP contribution >= 0.6 is 0 Å². The van der Waals surface area contributed by atoms with E-state index in [2.05, 4.69) is 4.74 Å². The first-order valence-corrected chi connectivity index (χ1v) is 9.27. The molecule has 0 aromatic heterocycles. The lowest BCUT2D eigenvalue weighted by Crippen LogP contribution is -2.46. The number of alkyl halides is 2. The second kappa shape index (κ2) is 4.36. The molecule has 0 radical (unpaired) electrons. The fourth-order valence-electron chi connectivity index (χ4n) is 3.81. The molecule has 1 heterocycles. The lowest BCUT2D eigenvalue weighted by Gasteiger charge is -2.29. The third kappa shape index (κ3) is 1.93. The van der Waals surface area contributed by atoms with Crippen LogP contribution in [0.3, 0.4) is 0 Å². The van der Waals surface area contributed by atoms with Gasteiger partial charge in [-0.1, -0.05) is 6.92 Å². The first kappa shape index (κ1) is 16.0. The predicted molar refractivity (Wildman–Crippen MR) is 64.7 cm³/mol. The molecular weight excluding hydrogens is 350 g/mol. The van der Waals surface area contributed by atoms with Gasteiger partial charge in [-0.25, -0.2) is 4.79 Å². The maximum absolute atomic E-state index is 13.2. The van der Waals surface area contributed by atoms with Gasteiger partial charge in [-0.15, -0.1) is 0 Å². The molecule has 6 atom stereocenters. The number of hydrogen-bond donors (Lipinski definition) is 1. The first-order chi connectivity index (χ1) is 9.88. The molecule has 3 aliphatic rings. The number of carbonyl (C=O) groups excluding carboxylic acids is 1. The van der Waals surface area contributed by atoms with Gasteiger partial charge >= 0.3 is 21.3 Å². The van der Waals surface area contributed by atoms with Crippen molar-refractivity contribution in [2.24, 2.45) is 17.8 Å². The summed E-state index contributed by atoms with van der Waals surface area (Å²) < 4.78 is 88.9. The molecule has 8 nitrogen and oxygen atoms in total. The van der Waals surface area contributed by atoms with Gasteiger partial charge in [-0.05, 0) is 12.3 Å². The van der Waals surface area contributed by atoms with E-state index in [1.165, 1.54) is 0 Å². The Balaban J connectivity index is 1.86. The zero-order chi connectivity index (χ0) is 16.7. The number of ether oxygens (including phenoxy) is 1. The summed E-state index contributed by atoms with van der Waals surface area (Å²) in [5.41, 5.74) is 0. The van der Waals surface area contributed by atoms with Crippen molar-refractivity contribution in [1.29, 1.82) is 0 Å². The van der Waals surface area contributed by atoms with E-state index in [-0.39, 0.29) is 0 Å². The topological polar surface area (TPSA) is 124 Å². The Kier molecular flexibility index (Phi) is 3.18. The zero-order valence-corrected chi connectivity index (χ0v) is 12.7. The van der Waals surface area contributed by atoms with E-state index in [9.17, 15) is 30.4 Å². The van der Waals surface area contributed by atoms with Gasteiger partial charge in [0.05, 0.1) is 5.25 Å². The number of fused-ring (bicyclic) bond motifs is 1. The molecule has 22 heavy (non-hydrogen) atoms. The lowest BCUT2D eigenvalue weighted by atomic mass is 9.86. The van der Waals surface area contributed by atoms with Gasteiger partial charge in [0.1, 0.15) is 12.2 Å². The van der Waals surface area contributed by atoms with Crippen LogP contribution in [-0.2, 0) is 34.0 Å². The van der Waals surface area contributed by atoms with Crippen molar-refractivity contribution in [3.05, 3.63) is 0 Å². The van der Waals surface area contributed by atoms with Crippen molar-refractivity contribution in [2.45, 2.75) is 36.1 Å². The summed E-state index contributed by atoms with van der Waals surface area (Å²) in [7, 11) is -9.83. The van der Waals surface area contributed by atoms with Gasteiger partial charge in [0.25, 0.3) is 10.1 Å². The van der Waals surface area contributed by atoms with Gasteiger partial charge in [0, 0.05) is 11.8 Å². The van der Waals surface area contributed by atoms with Crippen molar-refractivity contribution in [1.82, 2.24) is 0 Å². The Labute approximate surface area is 124 Å². The molecule has 2 bridgehead atoms. The van der Waals surface area contributed by atoms with Crippen LogP contribution in [0.1, 0.15) is 13.3 Å². The smallest absolute Gasteiger partial charge is 0.454 e. The van der Waals surface area contributed by atoms with Crippen LogP contribution in [-0.4, -0.2) is 50.1 Å². The van der Waals surface area contributed by atoms with E-state index in [1.807, 2.05) is 0 Å². The molecule has 1 N–H and O–H groups in total. The second-order valence-electron chi connectivity index (χ2n) is 5.80. The predicted octanol–water partition coefficient (Wildman–Crippen LogP) is -0.238. The average molecular weight is 362 g/mol. The highest BCUT2D eigenvalue weighted by Crippen LogP contribution is 2.58. The summed E-state index contributed by atoms with van der Waals surface area (Å²) in [6.07, 6.45) is -2.04. The van der Waals surface area contributed by atoms with Crippen LogP contribution in [0.5, 0.6) is 0 Å². The van der Waals surface area contributed by atoms with Crippen molar-refractivity contribution < 1.29 is 43.9 Å². The molecule has 0 aromatic carbocycles. The van der Waals surface area contributed by atoms with Gasteiger partial charge in [0.2, 0.25) is 0 Å². The van der Waals surface area contributed by atoms with E-state index in [0.29, 0.717) is 6.42 Å². The average Bonchev–Trinajstić information content (AvgIpc) is 2.90. The van der Waals surface area contributed by atoms with Crippen LogP contribution < -0.4 is 0 Å². The van der Waals surface area contributed by atoms with Gasteiger partial charge < -0.3 is 4.74 Å². The molecule has 0 spiro atoms. The van der Waals surface area contributed by atoms with Crippen molar-refractivity contribution in [2.75, 3.05) is 0 Å². The summed E-state index contributed by atoms with van der Waals surface area (Å²) in [5, 5.41) is -5.88. The fourth-order valence-corrected chi connectivity index (χ4v) is 6.18. The van der Waals surface area contributed by atoms with Crippen LogP contribution in [0.25, 0.3) is 0 Å². The standard InChI is InChI=1S/C10H12F2O8S2/c1-3-4-2-5-7(20-21(14,15)8(3)5)6(4)19-9(13)10(11,12)22(16,17)18/h3-8H,2H2,1H3,(H,16,17,18). The third-order valence-corrected chi connectivity index (χ3v) is 7.46. The molecule has 3 fully saturated rings. The molecule has 126 valence electrons. The van der Waals surface area contributed by atoms with E-state index in [1.54, 1.807) is 6.92 Å². The van der Waals surface area contributed by atoms with Gasteiger partial charge in [-0.2, -0.15) is 25.6 Å². The maximum atomic E-state index is 13.2. The molecule has 1 saturated heterocycles. The minimum absolute atomic E-state index is 0.325. The minimum atomic E-state index is -5.97. The summed E-state index contributed by atoms with van der Waals surface area (Å²) >= 11 is 0. The SMILES string of the molecule is CC1C2CC3C(OS(=O)(=O)C13)C2OC(=O)C(F)(F)S(=O)(=O)O. The Morgan fingerprint density at radius 2 is 1.95 bits per heavy atom. The number of esters is 1. The van der Waals surface area contributed by atoms with Crippen LogP contribution in [0.4, 0.5) is 8.78 Å². The highest BCUT2D eigenvalue weighted by Gasteiger charge is 2.69. The molecule has 0 aromatic rings. The zero-order valence-electron chi connectivity index (χ0n) is 11.0. The van der Waals surface area contributed by atoms with Crippen LogP contribution in [0, 0.1) is 17.8 Å². The Hall–Kier alpha value is -0.850. The van der Waals surface area contributed by atoms with Gasteiger partial charge in [-0.3, -0.25) is 8.74 Å². The van der Waals surface area contributed by atoms with Crippen LogP contribution in [0.2, 0.25) is 0 Å². The van der Waals surface area contributed by atoms with E-state index in [4.69, 9.17) is 8.74 Å². The number of hydrogen-bond acceptors (Lipinski definition) is 7. The molecule has 6 unspecified atom stereocenters. The van der Waals surface area contributed by atoms with Crippen molar-refractivity contribution in [3.8, 4) is 0 Å². The second-order valence-corrected chi connectivity index (χ2v) is 8.99. The number of carbonyl (C=O) groups is 1. The third-order valence-electron chi connectivity index (χ3n) is 4.71. The largest absolute Gasteiger partial charge is 0.465 e. The summed E-state index contributed by atoms with van der Waals surface area (Å²) in [5.74, 6) is -3.89. The highest BCUT2D eigenvalue weighted by molar-refractivity contribution is 7.88. The van der Waals surface area contributed by atoms with E-state index < -0.39 is 66.7 Å². The maximum Gasteiger partial charge on any atom is 0.465 e. The molecule has 2 aliphatic carbocycles. The molecule has 1 aliphatic heterocycles. The number of halogens is 2. The van der Waals surface area contributed by atoms with E-state index >= 15 is 0 Å². The molecular formula is C10H12F2O8S2.